The van der Waals surface area contributed by atoms with Gasteiger partial charge in [-0.25, -0.2) is 19.7 Å². The third-order valence-electron chi connectivity index (χ3n) is 12.4. The Kier molecular flexibility index (Phi) is 20.3. The maximum absolute atomic E-state index is 14.4. The van der Waals surface area contributed by atoms with Gasteiger partial charge in [-0.3, -0.25) is 33.6 Å². The molecule has 3 aromatic rings. The third kappa shape index (κ3) is 14.5. The molecule has 5 rings (SSSR count). The van der Waals surface area contributed by atoms with Crippen molar-refractivity contribution in [3.05, 3.63) is 108 Å². The van der Waals surface area contributed by atoms with Crippen LogP contribution in [0.4, 0.5) is 4.79 Å². The van der Waals surface area contributed by atoms with Crippen LogP contribution in [-0.4, -0.2) is 108 Å². The Morgan fingerprint density at radius 2 is 1.27 bits per heavy atom. The minimum Gasteiger partial charge on any atom is -0.459 e. The van der Waals surface area contributed by atoms with Crippen LogP contribution in [0.25, 0.3) is 11.1 Å². The van der Waals surface area contributed by atoms with E-state index in [0.717, 1.165) is 37.9 Å². The summed E-state index contributed by atoms with van der Waals surface area (Å²) in [5.74, 6) is -6.38. The number of nitrogens with zero attached hydrogens (tertiary/aromatic N) is 2. The van der Waals surface area contributed by atoms with Crippen LogP contribution in [0.1, 0.15) is 105 Å². The predicted octanol–water partition coefficient (Wildman–Crippen LogP) is 6.36. The number of ether oxygens (including phenoxy) is 2. The molecule has 0 saturated heterocycles. The number of benzene rings is 3. The summed E-state index contributed by atoms with van der Waals surface area (Å²) in [7, 11) is 0. The average molecular weight is 981 g/mol. The minimum atomic E-state index is -1.27. The standard InChI is InChI=1S/C54H72N6O11/c1-32(2)44-48(61)55-36(9)51(64)59(47(35(7)8)50(63)58-45(33(3)4)53(66)68-30-38-22-14-13-15-23-38)70-28-20-11-12-21-29-71-60(46(34(5)6)49(62)57-44)52(65)37(10)56-54(67)69-31-43-41-26-18-16-24-39(41)40-25-17-19-27-42(40)43/h11-19,22-27,32-37,43-47H,20-21,28-31H2,1-10H3,(H,55,61)(H,56,67)(H,57,62)(H,58,63)/b12-11+/t36-,37-,44-,45-,46-,47-/m0/s1. The topological polar surface area (TPSA) is 211 Å². The number of rotatable bonds is 14. The monoisotopic (exact) mass is 981 g/mol. The minimum absolute atomic E-state index is 0.00564. The lowest BCUT2D eigenvalue weighted by Crippen LogP contribution is -2.62. The summed E-state index contributed by atoms with van der Waals surface area (Å²) in [6, 6.07) is 17.8. The van der Waals surface area contributed by atoms with E-state index in [0.29, 0.717) is 0 Å². The van der Waals surface area contributed by atoms with Gasteiger partial charge in [-0.05, 0) is 78.2 Å². The fourth-order valence-corrected chi connectivity index (χ4v) is 8.55. The maximum atomic E-state index is 14.4. The van der Waals surface area contributed by atoms with Gasteiger partial charge in [0.1, 0.15) is 49.5 Å². The second-order valence-corrected chi connectivity index (χ2v) is 19.4. The normalized spacial score (nSPS) is 20.2. The summed E-state index contributed by atoms with van der Waals surface area (Å²) in [6.07, 6.45) is 3.27. The smallest absolute Gasteiger partial charge is 0.407 e. The van der Waals surface area contributed by atoms with E-state index in [-0.39, 0.29) is 51.1 Å². The lowest BCUT2D eigenvalue weighted by Gasteiger charge is -2.36. The lowest BCUT2D eigenvalue weighted by atomic mass is 9.98. The molecule has 4 N–H and O–H groups in total. The molecule has 6 amide bonds. The third-order valence-corrected chi connectivity index (χ3v) is 12.4. The number of carbonyl (C=O) groups excluding carboxylic acids is 7. The van der Waals surface area contributed by atoms with Gasteiger partial charge < -0.3 is 30.7 Å². The van der Waals surface area contributed by atoms with Gasteiger partial charge in [0, 0.05) is 5.92 Å². The van der Waals surface area contributed by atoms with E-state index in [1.165, 1.54) is 13.8 Å². The second-order valence-electron chi connectivity index (χ2n) is 19.4. The Labute approximate surface area is 417 Å². The summed E-state index contributed by atoms with van der Waals surface area (Å²) >= 11 is 0. The first-order valence-corrected chi connectivity index (χ1v) is 24.6. The van der Waals surface area contributed by atoms with Crippen molar-refractivity contribution in [1.29, 1.82) is 0 Å². The number of amides is 6. The van der Waals surface area contributed by atoms with Crippen LogP contribution in [0.5, 0.6) is 0 Å². The quantitative estimate of drug-likeness (QED) is 0.103. The first kappa shape index (κ1) is 55.3. The summed E-state index contributed by atoms with van der Waals surface area (Å²) in [6.45, 7) is 16.7. The van der Waals surface area contributed by atoms with Crippen molar-refractivity contribution >= 4 is 41.6 Å². The Morgan fingerprint density at radius 3 is 1.83 bits per heavy atom. The fourth-order valence-electron chi connectivity index (χ4n) is 8.55. The van der Waals surface area contributed by atoms with E-state index in [4.69, 9.17) is 19.1 Å². The predicted molar refractivity (Wildman–Crippen MR) is 266 cm³/mol. The van der Waals surface area contributed by atoms with Crippen LogP contribution in [0.3, 0.4) is 0 Å². The van der Waals surface area contributed by atoms with Gasteiger partial charge in [0.15, 0.2) is 0 Å². The summed E-state index contributed by atoms with van der Waals surface area (Å²) in [4.78, 5) is 110. The van der Waals surface area contributed by atoms with E-state index >= 15 is 0 Å². The first-order chi connectivity index (χ1) is 33.8. The lowest BCUT2D eigenvalue weighted by molar-refractivity contribution is -0.208. The van der Waals surface area contributed by atoms with Crippen LogP contribution in [0.2, 0.25) is 0 Å². The van der Waals surface area contributed by atoms with E-state index < -0.39 is 95.6 Å². The fraction of sp³-hybridized carbons (Fsp3) is 0.500. The van der Waals surface area contributed by atoms with Crippen LogP contribution >= 0.6 is 0 Å². The molecule has 1 aliphatic heterocycles. The molecule has 0 saturated carbocycles. The highest BCUT2D eigenvalue weighted by Gasteiger charge is 2.42. The molecule has 1 aliphatic carbocycles. The Hall–Kier alpha value is -6.59. The summed E-state index contributed by atoms with van der Waals surface area (Å²) in [5.41, 5.74) is 4.97. The molecule has 17 heteroatoms. The van der Waals surface area contributed by atoms with Crippen LogP contribution in [0.15, 0.2) is 91.0 Å². The highest BCUT2D eigenvalue weighted by molar-refractivity contribution is 5.96. The zero-order chi connectivity index (χ0) is 51.9. The number of fused-ring (bicyclic) bond motifs is 3. The van der Waals surface area contributed by atoms with Crippen LogP contribution in [-0.2, 0) is 54.5 Å². The molecular formula is C54H72N6O11. The molecule has 0 spiro atoms. The van der Waals surface area contributed by atoms with Crippen LogP contribution in [0, 0.1) is 23.7 Å². The van der Waals surface area contributed by atoms with Gasteiger partial charge >= 0.3 is 12.1 Å². The molecule has 0 bridgehead atoms. The Morgan fingerprint density at radius 1 is 0.690 bits per heavy atom. The SMILES string of the molecule is CC(C)[C@@H]1NC(=O)[C@H](C(C)C)N(C(=O)[C@H](C)NC(=O)OCC2c3ccccc3-c3ccccc32)OCC/C=C/CCON([C@H](C(=O)N[C@H](C(=O)OCc2ccccc2)C(C)C)C(C)C)C(=O)[C@H](C)NC1=O. The molecule has 1 heterocycles. The van der Waals surface area contributed by atoms with Crippen molar-refractivity contribution in [3.63, 3.8) is 0 Å². The second kappa shape index (κ2) is 26.0. The zero-order valence-corrected chi connectivity index (χ0v) is 42.6. The highest BCUT2D eigenvalue weighted by Crippen LogP contribution is 2.44. The highest BCUT2D eigenvalue weighted by atomic mass is 16.7. The number of hydrogen-bond acceptors (Lipinski definition) is 11. The molecular weight excluding hydrogens is 909 g/mol. The molecule has 0 radical (unpaired) electrons. The van der Waals surface area contributed by atoms with Crippen molar-refractivity contribution in [2.75, 3.05) is 19.8 Å². The Balaban J connectivity index is 1.32. The summed E-state index contributed by atoms with van der Waals surface area (Å²) in [5, 5.41) is 12.8. The average Bonchev–Trinajstić information content (AvgIpc) is 3.65. The molecule has 3 aromatic carbocycles. The van der Waals surface area contributed by atoms with E-state index in [1.54, 1.807) is 67.5 Å². The molecule has 0 aromatic heterocycles. The molecule has 384 valence electrons. The van der Waals surface area contributed by atoms with Crippen molar-refractivity contribution in [1.82, 2.24) is 31.4 Å². The van der Waals surface area contributed by atoms with Gasteiger partial charge in [-0.1, -0.05) is 146 Å². The van der Waals surface area contributed by atoms with Crippen LogP contribution < -0.4 is 21.3 Å². The van der Waals surface area contributed by atoms with E-state index in [2.05, 4.69) is 21.3 Å². The van der Waals surface area contributed by atoms with Gasteiger partial charge in [-0.15, -0.1) is 0 Å². The molecule has 2 aliphatic rings. The number of carbonyl (C=O) groups is 7. The van der Waals surface area contributed by atoms with Gasteiger partial charge in [-0.2, -0.15) is 0 Å². The number of nitrogens with one attached hydrogen (secondary N) is 4. The molecule has 17 nitrogen and oxygen atoms in total. The number of esters is 1. The largest absolute Gasteiger partial charge is 0.459 e. The molecule has 71 heavy (non-hydrogen) atoms. The number of hydrogen-bond donors (Lipinski definition) is 4. The van der Waals surface area contributed by atoms with Gasteiger partial charge in [0.2, 0.25) is 17.7 Å². The summed E-state index contributed by atoms with van der Waals surface area (Å²) < 4.78 is 11.3. The molecule has 0 fully saturated rings. The zero-order valence-electron chi connectivity index (χ0n) is 42.6. The number of alkyl carbamates (subject to hydrolysis) is 1. The van der Waals surface area contributed by atoms with Crippen molar-refractivity contribution in [3.8, 4) is 11.1 Å². The maximum Gasteiger partial charge on any atom is 0.407 e. The van der Waals surface area contributed by atoms with E-state index in [9.17, 15) is 33.6 Å². The van der Waals surface area contributed by atoms with Crippen molar-refractivity contribution < 1.29 is 52.7 Å². The molecule has 0 unspecified atom stereocenters. The number of hydroxylamine groups is 4. The van der Waals surface area contributed by atoms with Gasteiger partial charge in [0.25, 0.3) is 11.8 Å². The first-order valence-electron chi connectivity index (χ1n) is 24.6. The van der Waals surface area contributed by atoms with Crippen molar-refractivity contribution in [2.24, 2.45) is 23.7 Å². The van der Waals surface area contributed by atoms with Gasteiger partial charge in [0.05, 0.1) is 13.2 Å². The van der Waals surface area contributed by atoms with E-state index in [1.807, 2.05) is 78.9 Å². The van der Waals surface area contributed by atoms with Crippen molar-refractivity contribution in [2.45, 2.75) is 131 Å². The molecule has 6 atom stereocenters. The Bertz CT molecular complexity index is 2310.